The van der Waals surface area contributed by atoms with Gasteiger partial charge < -0.3 is 33.6 Å². The Kier molecular flexibility index (Phi) is 12.5. The summed E-state index contributed by atoms with van der Waals surface area (Å²) in [5.41, 5.74) is 5.61. The first kappa shape index (κ1) is 40.4. The molecular weight excluding hydrogens is 771 g/mol. The van der Waals surface area contributed by atoms with Crippen LogP contribution in [0.1, 0.15) is 16.7 Å². The lowest BCUT2D eigenvalue weighted by Crippen LogP contribution is -2.41. The number of rotatable bonds is 15. The second kappa shape index (κ2) is 18.3. The Morgan fingerprint density at radius 2 is 1.31 bits per heavy atom. The molecule has 0 aliphatic carbocycles. The lowest BCUT2D eigenvalue weighted by molar-refractivity contribution is 0.0368. The number of aromatic nitrogens is 4. The third-order valence-electron chi connectivity index (χ3n) is 11.1. The first-order valence-corrected chi connectivity index (χ1v) is 21.4. The highest BCUT2D eigenvalue weighted by atomic mass is 32.2. The molecule has 0 N–H and O–H groups in total. The maximum absolute atomic E-state index is 13.6. The number of likely N-dealkylation sites (N-methyl/N-ethyl adjacent to an activating group) is 1. The van der Waals surface area contributed by atoms with Crippen LogP contribution in [0.2, 0.25) is 0 Å². The molecule has 3 aliphatic rings. The van der Waals surface area contributed by atoms with Crippen molar-refractivity contribution in [1.29, 1.82) is 0 Å². The molecule has 15 nitrogen and oxygen atoms in total. The molecule has 0 bridgehead atoms. The van der Waals surface area contributed by atoms with Gasteiger partial charge in [0.1, 0.15) is 17.3 Å². The molecule has 0 saturated carbocycles. The van der Waals surface area contributed by atoms with Crippen LogP contribution in [-0.4, -0.2) is 131 Å². The van der Waals surface area contributed by atoms with Crippen molar-refractivity contribution in [1.82, 2.24) is 29.1 Å². The highest BCUT2D eigenvalue weighted by Crippen LogP contribution is 2.39. The molecule has 3 aliphatic heterocycles. The van der Waals surface area contributed by atoms with Gasteiger partial charge in [-0.25, -0.2) is 23.4 Å². The highest BCUT2D eigenvalue weighted by molar-refractivity contribution is 7.89. The van der Waals surface area contributed by atoms with E-state index >= 15 is 0 Å². The normalized spacial score (nSPS) is 16.0. The zero-order chi connectivity index (χ0) is 40.8. The summed E-state index contributed by atoms with van der Waals surface area (Å²) in [6, 6.07) is 23.2. The van der Waals surface area contributed by atoms with Crippen LogP contribution in [-0.2, 0) is 39.0 Å². The van der Waals surface area contributed by atoms with Crippen molar-refractivity contribution < 1.29 is 27.4 Å². The summed E-state index contributed by atoms with van der Waals surface area (Å²) in [5.74, 6) is 3.58. The highest BCUT2D eigenvalue weighted by Gasteiger charge is 2.30. The summed E-state index contributed by atoms with van der Waals surface area (Å²) in [6.07, 6.45) is 4.39. The van der Waals surface area contributed by atoms with Crippen molar-refractivity contribution in [3.8, 4) is 22.8 Å². The van der Waals surface area contributed by atoms with Crippen molar-refractivity contribution in [2.24, 2.45) is 0 Å². The Hall–Kier alpha value is -5.39. The lowest BCUT2D eigenvalue weighted by atomic mass is 10.1. The second-order valence-electron chi connectivity index (χ2n) is 14.8. The van der Waals surface area contributed by atoms with E-state index in [1.165, 1.54) is 4.31 Å². The van der Waals surface area contributed by atoms with E-state index in [1.54, 1.807) is 33.4 Å². The van der Waals surface area contributed by atoms with Gasteiger partial charge >= 0.3 is 0 Å². The summed E-state index contributed by atoms with van der Waals surface area (Å²) in [7, 11) is 1.29. The van der Waals surface area contributed by atoms with E-state index < -0.39 is 10.0 Å². The van der Waals surface area contributed by atoms with Crippen molar-refractivity contribution in [3.05, 3.63) is 102 Å². The minimum absolute atomic E-state index is 0.257. The van der Waals surface area contributed by atoms with Gasteiger partial charge in [-0.15, -0.1) is 0 Å². The zero-order valence-corrected chi connectivity index (χ0v) is 34.7. The summed E-state index contributed by atoms with van der Waals surface area (Å²) >= 11 is 0. The molecule has 0 spiro atoms. The van der Waals surface area contributed by atoms with Crippen molar-refractivity contribution in [3.63, 3.8) is 0 Å². The molecule has 59 heavy (non-hydrogen) atoms. The average Bonchev–Trinajstić information content (AvgIpc) is 3.73. The van der Waals surface area contributed by atoms with E-state index in [1.807, 2.05) is 48.8 Å². The average molecular weight is 822 g/mol. The third-order valence-corrected chi connectivity index (χ3v) is 12.9. The monoisotopic (exact) mass is 821 g/mol. The van der Waals surface area contributed by atoms with E-state index in [4.69, 9.17) is 38.9 Å². The van der Waals surface area contributed by atoms with Gasteiger partial charge in [-0.1, -0.05) is 24.3 Å². The van der Waals surface area contributed by atoms with Crippen LogP contribution in [0.5, 0.6) is 11.5 Å². The van der Waals surface area contributed by atoms with Gasteiger partial charge in [0.15, 0.2) is 0 Å². The minimum Gasteiger partial charge on any atom is -0.497 e. The molecule has 2 fully saturated rings. The number of benzene rings is 3. The molecule has 2 saturated heterocycles. The molecular formula is C43H51N9O6S. The van der Waals surface area contributed by atoms with Gasteiger partial charge in [0.05, 0.1) is 51.2 Å². The Balaban J connectivity index is 1.07. The van der Waals surface area contributed by atoms with Crippen LogP contribution in [0, 0.1) is 0 Å². The smallest absolute Gasteiger partial charge is 0.242 e. The number of fused-ring (bicyclic) bond motifs is 1. The molecule has 8 rings (SSSR count). The Bertz CT molecular complexity index is 2220. The van der Waals surface area contributed by atoms with E-state index in [0.29, 0.717) is 90.6 Å². The Morgan fingerprint density at radius 1 is 0.729 bits per heavy atom. The fourth-order valence-corrected chi connectivity index (χ4v) is 8.71. The maximum Gasteiger partial charge on any atom is 0.242 e. The number of hydrogen-bond acceptors (Lipinski definition) is 14. The van der Waals surface area contributed by atoms with Crippen LogP contribution in [0.4, 0.5) is 23.4 Å². The van der Waals surface area contributed by atoms with E-state index in [9.17, 15) is 8.42 Å². The standard InChI is InChI=1S/C43H51N9O6S/c1-48(18-19-49-20-24-57-25-21-49)59(53,54)38-14-8-35(9-15-38)52-17-16-39-40(46-43(47-41(39)52)50-22-26-58-27-23-50)34-28-44-42(45-29-34)51(30-32-4-10-36(55-2)11-5-32)31-33-6-12-37(56-3)13-7-33/h4-15,28-29H,16-27,30-31H2,1-3H3. The van der Waals surface area contributed by atoms with Gasteiger partial charge in [0, 0.05) is 95.2 Å². The second-order valence-corrected chi connectivity index (χ2v) is 16.8. The Labute approximate surface area is 346 Å². The van der Waals surface area contributed by atoms with Crippen LogP contribution < -0.4 is 24.2 Å². The molecule has 0 amide bonds. The first-order valence-electron chi connectivity index (χ1n) is 20.0. The molecule has 16 heteroatoms. The molecule has 5 heterocycles. The molecule has 3 aromatic carbocycles. The van der Waals surface area contributed by atoms with E-state index in [-0.39, 0.29) is 4.90 Å². The molecule has 5 aromatic rings. The fourth-order valence-electron chi connectivity index (χ4n) is 7.55. The quantitative estimate of drug-likeness (QED) is 0.145. The van der Waals surface area contributed by atoms with Gasteiger partial charge in [0.2, 0.25) is 21.9 Å². The van der Waals surface area contributed by atoms with Crippen LogP contribution in [0.15, 0.2) is 90.1 Å². The fraction of sp³-hybridized carbons (Fsp3) is 0.395. The van der Waals surface area contributed by atoms with Crippen molar-refractivity contribution >= 4 is 33.4 Å². The largest absolute Gasteiger partial charge is 0.497 e. The number of anilines is 4. The van der Waals surface area contributed by atoms with Crippen molar-refractivity contribution in [2.75, 3.05) is 108 Å². The summed E-state index contributed by atoms with van der Waals surface area (Å²) in [4.78, 5) is 29.1. The lowest BCUT2D eigenvalue weighted by Gasteiger charge is -2.29. The van der Waals surface area contributed by atoms with Gasteiger partial charge in [-0.3, -0.25) is 4.90 Å². The molecule has 310 valence electrons. The van der Waals surface area contributed by atoms with E-state index in [0.717, 1.165) is 64.0 Å². The number of methoxy groups -OCH3 is 2. The number of hydrogen-bond donors (Lipinski definition) is 0. The zero-order valence-electron chi connectivity index (χ0n) is 33.9. The van der Waals surface area contributed by atoms with Gasteiger partial charge in [-0.2, -0.15) is 9.29 Å². The first-order chi connectivity index (χ1) is 28.8. The number of sulfonamides is 1. The number of morpholine rings is 2. The molecule has 0 radical (unpaired) electrons. The van der Waals surface area contributed by atoms with Crippen LogP contribution in [0.3, 0.4) is 0 Å². The van der Waals surface area contributed by atoms with Crippen molar-refractivity contribution in [2.45, 2.75) is 24.4 Å². The van der Waals surface area contributed by atoms with E-state index in [2.05, 4.69) is 43.9 Å². The predicted octanol–water partition coefficient (Wildman–Crippen LogP) is 4.64. The number of ether oxygens (including phenoxy) is 4. The van der Waals surface area contributed by atoms with Crippen LogP contribution >= 0.6 is 0 Å². The summed E-state index contributed by atoms with van der Waals surface area (Å²) < 4.78 is 50.4. The predicted molar refractivity (Wildman–Crippen MR) is 226 cm³/mol. The molecule has 2 aromatic heterocycles. The SMILES string of the molecule is COc1ccc(CN(Cc2ccc(OC)cc2)c2ncc(-c3nc(N4CCOCC4)nc4c3CCN4c3ccc(S(=O)(=O)N(C)CCN4CCOCC4)cc3)cn2)cc1. The third kappa shape index (κ3) is 9.26. The maximum atomic E-state index is 13.6. The molecule has 0 unspecified atom stereocenters. The summed E-state index contributed by atoms with van der Waals surface area (Å²) in [6.45, 7) is 8.39. The number of nitrogens with zero attached hydrogens (tertiary/aromatic N) is 9. The van der Waals surface area contributed by atoms with Gasteiger partial charge in [0.25, 0.3) is 0 Å². The van der Waals surface area contributed by atoms with Gasteiger partial charge in [-0.05, 0) is 66.1 Å². The topological polar surface area (TPSA) is 139 Å². The minimum atomic E-state index is -3.67. The Morgan fingerprint density at radius 3 is 1.88 bits per heavy atom. The summed E-state index contributed by atoms with van der Waals surface area (Å²) in [5, 5.41) is 0. The molecule has 0 atom stereocenters. The van der Waals surface area contributed by atoms with Crippen LogP contribution in [0.25, 0.3) is 11.3 Å².